The van der Waals surface area contributed by atoms with Gasteiger partial charge in [-0.05, 0) is 0 Å². The van der Waals surface area contributed by atoms with Crippen molar-refractivity contribution in [1.29, 1.82) is 0 Å². The van der Waals surface area contributed by atoms with Crippen LogP contribution in [0.4, 0.5) is 11.6 Å². The molecule has 0 spiro atoms. The largest absolute Gasteiger partial charge is 0.364 e. The fourth-order valence-electron chi connectivity index (χ4n) is 2.45. The molecule has 0 radical (unpaired) electrons. The van der Waals surface area contributed by atoms with Gasteiger partial charge < -0.3 is 20.1 Å². The van der Waals surface area contributed by atoms with Crippen molar-refractivity contribution in [2.75, 3.05) is 37.4 Å². The molecule has 7 nitrogen and oxygen atoms in total. The van der Waals surface area contributed by atoms with Crippen LogP contribution < -0.4 is 15.5 Å². The molecule has 2 aromatic heterocycles. The number of anilines is 2. The first-order chi connectivity index (χ1) is 10.2. The molecule has 3 heterocycles. The third kappa shape index (κ3) is 3.13. The third-order valence-corrected chi connectivity index (χ3v) is 3.62. The Balaban J connectivity index is 1.70. The van der Waals surface area contributed by atoms with E-state index in [4.69, 9.17) is 0 Å². The smallest absolute Gasteiger partial charge is 0.133 e. The summed E-state index contributed by atoms with van der Waals surface area (Å²) in [6.07, 6.45) is 4.53. The Kier molecular flexibility index (Phi) is 4.01. The van der Waals surface area contributed by atoms with Crippen molar-refractivity contribution in [2.45, 2.75) is 19.5 Å². The lowest BCUT2D eigenvalue weighted by molar-refractivity contribution is 0.628. The van der Waals surface area contributed by atoms with Gasteiger partial charge in [-0.2, -0.15) is 0 Å². The molecular formula is C14H21N7. The van der Waals surface area contributed by atoms with E-state index < -0.39 is 0 Å². The number of nitrogens with zero attached hydrogens (tertiary/aromatic N) is 5. The summed E-state index contributed by atoms with van der Waals surface area (Å²) in [5.41, 5.74) is 1.19. The minimum atomic E-state index is 0.719. The lowest BCUT2D eigenvalue weighted by atomic mass is 10.4. The van der Waals surface area contributed by atoms with E-state index in [0.717, 1.165) is 50.1 Å². The maximum absolute atomic E-state index is 4.52. The molecule has 0 bridgehead atoms. The summed E-state index contributed by atoms with van der Waals surface area (Å²) >= 11 is 0. The molecule has 2 N–H and O–H groups in total. The van der Waals surface area contributed by atoms with Gasteiger partial charge in [0.25, 0.3) is 0 Å². The number of nitrogens with one attached hydrogen (secondary N) is 2. The molecule has 7 heteroatoms. The Morgan fingerprint density at radius 2 is 2.19 bits per heavy atom. The molecule has 1 aliphatic heterocycles. The minimum Gasteiger partial charge on any atom is -0.364 e. The van der Waals surface area contributed by atoms with E-state index in [2.05, 4.69) is 30.2 Å². The first-order valence-corrected chi connectivity index (χ1v) is 7.21. The van der Waals surface area contributed by atoms with Crippen LogP contribution in [0.5, 0.6) is 0 Å². The van der Waals surface area contributed by atoms with E-state index in [1.54, 1.807) is 6.33 Å². The van der Waals surface area contributed by atoms with Crippen molar-refractivity contribution in [3.05, 3.63) is 30.1 Å². The zero-order valence-corrected chi connectivity index (χ0v) is 12.5. The summed E-state index contributed by atoms with van der Waals surface area (Å²) in [5.74, 6) is 2.88. The number of hydrogen-bond donors (Lipinski definition) is 2. The molecule has 0 fully saturated rings. The predicted octanol–water partition coefficient (Wildman–Crippen LogP) is 0.497. The second-order valence-corrected chi connectivity index (χ2v) is 5.33. The molecule has 3 rings (SSSR count). The Bertz CT molecular complexity index is 605. The normalized spacial score (nSPS) is 14.4. The van der Waals surface area contributed by atoms with Gasteiger partial charge in [-0.1, -0.05) is 0 Å². The molecule has 0 aromatic carbocycles. The summed E-state index contributed by atoms with van der Waals surface area (Å²) in [7, 11) is 3.94. The highest BCUT2D eigenvalue weighted by Gasteiger charge is 2.12. The minimum absolute atomic E-state index is 0.719. The van der Waals surface area contributed by atoms with Gasteiger partial charge in [0, 0.05) is 46.2 Å². The zero-order chi connectivity index (χ0) is 14.7. The van der Waals surface area contributed by atoms with E-state index in [0.29, 0.717) is 0 Å². The summed E-state index contributed by atoms with van der Waals surface area (Å²) in [6, 6.07) is 1.95. The number of imidazole rings is 1. The van der Waals surface area contributed by atoms with Crippen LogP contribution in [0.15, 0.2) is 18.6 Å². The summed E-state index contributed by atoms with van der Waals surface area (Å²) in [6.45, 7) is 3.69. The summed E-state index contributed by atoms with van der Waals surface area (Å²) in [4.78, 5) is 15.0. The first-order valence-electron chi connectivity index (χ1n) is 7.21. The van der Waals surface area contributed by atoms with Crippen molar-refractivity contribution in [1.82, 2.24) is 24.8 Å². The van der Waals surface area contributed by atoms with Gasteiger partial charge in [0.15, 0.2) is 0 Å². The fourth-order valence-corrected chi connectivity index (χ4v) is 2.45. The second kappa shape index (κ2) is 6.09. The van der Waals surface area contributed by atoms with E-state index in [-0.39, 0.29) is 0 Å². The molecule has 21 heavy (non-hydrogen) atoms. The van der Waals surface area contributed by atoms with Gasteiger partial charge in [-0.15, -0.1) is 0 Å². The van der Waals surface area contributed by atoms with Gasteiger partial charge in [-0.25, -0.2) is 15.0 Å². The van der Waals surface area contributed by atoms with Gasteiger partial charge in [-0.3, -0.25) is 0 Å². The molecule has 0 atom stereocenters. The average molecular weight is 287 g/mol. The van der Waals surface area contributed by atoms with Crippen LogP contribution in [-0.2, 0) is 19.5 Å². The first kappa shape index (κ1) is 13.8. The van der Waals surface area contributed by atoms with Crippen molar-refractivity contribution < 1.29 is 0 Å². The molecular weight excluding hydrogens is 266 g/mol. The number of hydrogen-bond acceptors (Lipinski definition) is 6. The van der Waals surface area contributed by atoms with Gasteiger partial charge >= 0.3 is 0 Å². The van der Waals surface area contributed by atoms with Crippen molar-refractivity contribution in [2.24, 2.45) is 0 Å². The monoisotopic (exact) mass is 287 g/mol. The molecule has 0 saturated carbocycles. The molecule has 1 aliphatic rings. The molecule has 112 valence electrons. The predicted molar refractivity (Wildman–Crippen MR) is 82.5 cm³/mol. The van der Waals surface area contributed by atoms with Gasteiger partial charge in [0.05, 0.1) is 18.4 Å². The fraction of sp³-hybridized carbons (Fsp3) is 0.500. The van der Waals surface area contributed by atoms with E-state index in [9.17, 15) is 0 Å². The quantitative estimate of drug-likeness (QED) is 0.853. The van der Waals surface area contributed by atoms with Crippen molar-refractivity contribution in [3.63, 3.8) is 0 Å². The van der Waals surface area contributed by atoms with Crippen LogP contribution in [0.3, 0.4) is 0 Å². The van der Waals surface area contributed by atoms with Crippen LogP contribution in [0, 0.1) is 0 Å². The third-order valence-electron chi connectivity index (χ3n) is 3.62. The summed E-state index contributed by atoms with van der Waals surface area (Å²) in [5, 5.41) is 6.75. The highest BCUT2D eigenvalue weighted by molar-refractivity contribution is 5.47. The highest BCUT2D eigenvalue weighted by Crippen LogP contribution is 2.14. The standard InChI is InChI=1S/C14H21N7/c1-20(2)14-7-12(18-10-19-14)16-8-11-9-17-13-3-4-15-5-6-21(11)13/h7,9-10,15H,3-6,8H2,1-2H3,(H,16,18,19). The van der Waals surface area contributed by atoms with Crippen LogP contribution in [-0.4, -0.2) is 46.7 Å². The maximum atomic E-state index is 4.52. The molecule has 0 saturated heterocycles. The Labute approximate surface area is 124 Å². The van der Waals surface area contributed by atoms with Gasteiger partial charge in [0.1, 0.15) is 23.8 Å². The zero-order valence-electron chi connectivity index (χ0n) is 12.5. The lowest BCUT2D eigenvalue weighted by Gasteiger charge is -2.13. The average Bonchev–Trinajstić information content (AvgIpc) is 2.72. The van der Waals surface area contributed by atoms with Crippen molar-refractivity contribution in [3.8, 4) is 0 Å². The Morgan fingerprint density at radius 3 is 3.05 bits per heavy atom. The summed E-state index contributed by atoms with van der Waals surface area (Å²) < 4.78 is 2.29. The Hall–Kier alpha value is -2.15. The molecule has 0 unspecified atom stereocenters. The van der Waals surface area contributed by atoms with Gasteiger partial charge in [0.2, 0.25) is 0 Å². The topological polar surface area (TPSA) is 70.9 Å². The van der Waals surface area contributed by atoms with E-state index >= 15 is 0 Å². The van der Waals surface area contributed by atoms with E-state index in [1.165, 1.54) is 5.69 Å². The molecule has 0 aliphatic carbocycles. The molecule has 2 aromatic rings. The van der Waals surface area contributed by atoms with Crippen LogP contribution >= 0.6 is 0 Å². The maximum Gasteiger partial charge on any atom is 0.133 e. The highest BCUT2D eigenvalue weighted by atomic mass is 15.2. The van der Waals surface area contributed by atoms with E-state index in [1.807, 2.05) is 31.3 Å². The molecule has 0 amide bonds. The number of rotatable bonds is 4. The Morgan fingerprint density at radius 1 is 1.29 bits per heavy atom. The van der Waals surface area contributed by atoms with Crippen LogP contribution in [0.1, 0.15) is 11.5 Å². The number of aromatic nitrogens is 4. The number of fused-ring (bicyclic) bond motifs is 1. The SMILES string of the molecule is CN(C)c1cc(NCc2cnc3n2CCNCC3)ncn1. The van der Waals surface area contributed by atoms with Crippen molar-refractivity contribution >= 4 is 11.6 Å². The lowest BCUT2D eigenvalue weighted by Crippen LogP contribution is -2.18. The van der Waals surface area contributed by atoms with Crippen LogP contribution in [0.2, 0.25) is 0 Å². The second-order valence-electron chi connectivity index (χ2n) is 5.33. The van der Waals surface area contributed by atoms with Crippen LogP contribution in [0.25, 0.3) is 0 Å².